The number of nitro groups is 1. The van der Waals surface area contributed by atoms with Gasteiger partial charge in [0.25, 0.3) is 5.69 Å². The molecule has 0 aliphatic carbocycles. The summed E-state index contributed by atoms with van der Waals surface area (Å²) >= 11 is 5.95. The van der Waals surface area contributed by atoms with E-state index in [1.165, 1.54) is 6.07 Å². The molecule has 1 unspecified atom stereocenters. The van der Waals surface area contributed by atoms with Gasteiger partial charge in [0.05, 0.1) is 4.92 Å². The Kier molecular flexibility index (Phi) is 6.68. The molecule has 1 aliphatic heterocycles. The standard InChI is InChI=1S/C13H18ClN3O2.ClH/c1-15-8-12-3-2-6-16(12)9-10-7-11(14)4-5-13(10)17(18)19;/h4-5,7,12,15H,2-3,6,8-9H2,1H3;1H. The van der Waals surface area contributed by atoms with Crippen molar-refractivity contribution < 1.29 is 4.92 Å². The quantitative estimate of drug-likeness (QED) is 0.669. The highest BCUT2D eigenvalue weighted by atomic mass is 35.5. The van der Waals surface area contributed by atoms with Crippen molar-refractivity contribution in [2.24, 2.45) is 0 Å². The molecule has 1 fully saturated rings. The third kappa shape index (κ3) is 4.06. The summed E-state index contributed by atoms with van der Waals surface area (Å²) in [6.45, 7) is 2.48. The lowest BCUT2D eigenvalue weighted by atomic mass is 10.1. The monoisotopic (exact) mass is 319 g/mol. The van der Waals surface area contributed by atoms with E-state index in [-0.39, 0.29) is 23.0 Å². The Bertz CT molecular complexity index is 471. The van der Waals surface area contributed by atoms with E-state index in [1.54, 1.807) is 12.1 Å². The number of nitrogens with one attached hydrogen (secondary N) is 1. The lowest BCUT2D eigenvalue weighted by Crippen LogP contribution is -2.36. The zero-order valence-electron chi connectivity index (χ0n) is 11.3. The average molecular weight is 320 g/mol. The van der Waals surface area contributed by atoms with Crippen molar-refractivity contribution in [1.82, 2.24) is 10.2 Å². The summed E-state index contributed by atoms with van der Waals surface area (Å²) in [5, 5.41) is 14.8. The van der Waals surface area contributed by atoms with E-state index >= 15 is 0 Å². The number of hydrogen-bond acceptors (Lipinski definition) is 4. The molecule has 1 aromatic rings. The van der Waals surface area contributed by atoms with Gasteiger partial charge in [0.1, 0.15) is 0 Å². The largest absolute Gasteiger partial charge is 0.318 e. The fourth-order valence-electron chi connectivity index (χ4n) is 2.65. The highest BCUT2D eigenvalue weighted by Gasteiger charge is 2.26. The maximum absolute atomic E-state index is 11.0. The number of hydrogen-bond donors (Lipinski definition) is 1. The van der Waals surface area contributed by atoms with E-state index in [1.807, 2.05) is 7.05 Å². The minimum atomic E-state index is -0.338. The van der Waals surface area contributed by atoms with Crippen molar-refractivity contribution in [2.45, 2.75) is 25.4 Å². The van der Waals surface area contributed by atoms with Crippen LogP contribution in [-0.2, 0) is 6.54 Å². The average Bonchev–Trinajstić information content (AvgIpc) is 2.77. The first kappa shape index (κ1) is 17.2. The highest BCUT2D eigenvalue weighted by molar-refractivity contribution is 6.30. The molecule has 112 valence electrons. The molecule has 1 N–H and O–H groups in total. The molecule has 0 bridgehead atoms. The van der Waals surface area contributed by atoms with E-state index in [0.717, 1.165) is 25.9 Å². The van der Waals surface area contributed by atoms with E-state index in [2.05, 4.69) is 10.2 Å². The van der Waals surface area contributed by atoms with Crippen LogP contribution in [0.5, 0.6) is 0 Å². The lowest BCUT2D eigenvalue weighted by Gasteiger charge is -2.24. The van der Waals surface area contributed by atoms with Crippen LogP contribution in [-0.4, -0.2) is 36.0 Å². The van der Waals surface area contributed by atoms with Gasteiger partial charge in [0.15, 0.2) is 0 Å². The summed E-state index contributed by atoms with van der Waals surface area (Å²) in [7, 11) is 1.93. The van der Waals surface area contributed by atoms with Crippen molar-refractivity contribution in [3.8, 4) is 0 Å². The van der Waals surface area contributed by atoms with Crippen LogP contribution in [0.15, 0.2) is 18.2 Å². The number of benzene rings is 1. The third-order valence-corrected chi connectivity index (χ3v) is 3.79. The summed E-state index contributed by atoms with van der Waals surface area (Å²) in [6.07, 6.45) is 2.27. The second-order valence-electron chi connectivity index (χ2n) is 4.85. The molecule has 5 nitrogen and oxygen atoms in total. The van der Waals surface area contributed by atoms with Crippen molar-refractivity contribution >= 4 is 29.7 Å². The van der Waals surface area contributed by atoms with Gasteiger partial charge < -0.3 is 5.32 Å². The molecule has 7 heteroatoms. The van der Waals surface area contributed by atoms with Crippen molar-refractivity contribution in [1.29, 1.82) is 0 Å². The van der Waals surface area contributed by atoms with Crippen LogP contribution in [0, 0.1) is 10.1 Å². The van der Waals surface area contributed by atoms with E-state index < -0.39 is 0 Å². The van der Waals surface area contributed by atoms with E-state index in [9.17, 15) is 10.1 Å². The molecule has 20 heavy (non-hydrogen) atoms. The van der Waals surface area contributed by atoms with Gasteiger partial charge in [0.2, 0.25) is 0 Å². The van der Waals surface area contributed by atoms with E-state index in [4.69, 9.17) is 11.6 Å². The number of likely N-dealkylation sites (N-methyl/N-ethyl adjacent to an activating group) is 1. The van der Waals surface area contributed by atoms with Gasteiger partial charge in [-0.05, 0) is 38.6 Å². The van der Waals surface area contributed by atoms with Gasteiger partial charge in [0, 0.05) is 35.8 Å². The van der Waals surface area contributed by atoms with Gasteiger partial charge in [-0.25, -0.2) is 0 Å². The topological polar surface area (TPSA) is 58.4 Å². The second kappa shape index (κ2) is 7.78. The minimum Gasteiger partial charge on any atom is -0.318 e. The van der Waals surface area contributed by atoms with Crippen molar-refractivity contribution in [3.63, 3.8) is 0 Å². The third-order valence-electron chi connectivity index (χ3n) is 3.55. The Morgan fingerprint density at radius 1 is 1.55 bits per heavy atom. The van der Waals surface area contributed by atoms with Crippen LogP contribution in [0.25, 0.3) is 0 Å². The molecule has 1 atom stereocenters. The first-order valence-electron chi connectivity index (χ1n) is 6.43. The molecule has 1 aromatic carbocycles. The fourth-order valence-corrected chi connectivity index (χ4v) is 2.84. The smallest absolute Gasteiger partial charge is 0.273 e. The predicted molar refractivity (Wildman–Crippen MR) is 82.7 cm³/mol. The van der Waals surface area contributed by atoms with Crippen LogP contribution in [0.3, 0.4) is 0 Å². The lowest BCUT2D eigenvalue weighted by molar-refractivity contribution is -0.385. The van der Waals surface area contributed by atoms with Gasteiger partial charge in [-0.15, -0.1) is 12.4 Å². The van der Waals surface area contributed by atoms with Gasteiger partial charge in [-0.2, -0.15) is 0 Å². The first-order valence-corrected chi connectivity index (χ1v) is 6.81. The number of rotatable bonds is 5. The van der Waals surface area contributed by atoms with Crippen LogP contribution in [0.1, 0.15) is 18.4 Å². The van der Waals surface area contributed by atoms with Crippen LogP contribution < -0.4 is 5.32 Å². The van der Waals surface area contributed by atoms with Crippen molar-refractivity contribution in [3.05, 3.63) is 38.9 Å². The van der Waals surface area contributed by atoms with Crippen LogP contribution in [0.4, 0.5) is 5.69 Å². The van der Waals surface area contributed by atoms with Crippen molar-refractivity contribution in [2.75, 3.05) is 20.1 Å². The predicted octanol–water partition coefficient (Wildman–Crippen LogP) is 2.85. The Morgan fingerprint density at radius 2 is 2.30 bits per heavy atom. The molecule has 0 spiro atoms. The van der Waals surface area contributed by atoms with E-state index in [0.29, 0.717) is 23.2 Å². The molecular weight excluding hydrogens is 301 g/mol. The summed E-state index contributed by atoms with van der Waals surface area (Å²) in [4.78, 5) is 13.0. The molecule has 1 aliphatic rings. The Labute approximate surface area is 129 Å². The molecule has 0 aromatic heterocycles. The SMILES string of the molecule is CNCC1CCCN1Cc1cc(Cl)ccc1[N+](=O)[O-].Cl. The number of likely N-dealkylation sites (tertiary alicyclic amines) is 1. The molecular formula is C13H19Cl2N3O2. The molecule has 0 radical (unpaired) electrons. The van der Waals surface area contributed by atoms with Gasteiger partial charge >= 0.3 is 0 Å². The Balaban J connectivity index is 0.00000200. The summed E-state index contributed by atoms with van der Waals surface area (Å²) in [6, 6.07) is 5.21. The molecule has 0 saturated carbocycles. The normalized spacial score (nSPS) is 18.8. The molecule has 1 saturated heterocycles. The van der Waals surface area contributed by atoms with Crippen LogP contribution >= 0.6 is 24.0 Å². The number of nitrogens with zero attached hydrogens (tertiary/aromatic N) is 2. The maximum atomic E-state index is 11.0. The summed E-state index contributed by atoms with van der Waals surface area (Å²) in [5.74, 6) is 0. The fraction of sp³-hybridized carbons (Fsp3) is 0.538. The molecule has 1 heterocycles. The Hall–Kier alpha value is -0.880. The number of nitro benzene ring substituents is 1. The maximum Gasteiger partial charge on any atom is 0.273 e. The van der Waals surface area contributed by atoms with Gasteiger partial charge in [-0.1, -0.05) is 11.6 Å². The molecule has 0 amide bonds. The van der Waals surface area contributed by atoms with Crippen LogP contribution in [0.2, 0.25) is 5.02 Å². The zero-order chi connectivity index (χ0) is 13.8. The highest BCUT2D eigenvalue weighted by Crippen LogP contribution is 2.27. The molecule has 2 rings (SSSR count). The van der Waals surface area contributed by atoms with Gasteiger partial charge in [-0.3, -0.25) is 15.0 Å². The summed E-state index contributed by atoms with van der Waals surface area (Å²) in [5.41, 5.74) is 0.847. The minimum absolute atomic E-state index is 0. The first-order chi connectivity index (χ1) is 9.11. The Morgan fingerprint density at radius 3 is 2.95 bits per heavy atom. The summed E-state index contributed by atoms with van der Waals surface area (Å²) < 4.78 is 0. The zero-order valence-corrected chi connectivity index (χ0v) is 12.9. The number of halogens is 2. The second-order valence-corrected chi connectivity index (χ2v) is 5.29.